The normalized spacial score (nSPS) is 28.2. The van der Waals surface area contributed by atoms with Crippen LogP contribution < -0.4 is 0 Å². The number of rotatable bonds is 5. The van der Waals surface area contributed by atoms with E-state index in [0.717, 1.165) is 5.56 Å². The summed E-state index contributed by atoms with van der Waals surface area (Å²) in [5.41, 5.74) is 1.03. The van der Waals surface area contributed by atoms with Gasteiger partial charge in [0.1, 0.15) is 5.92 Å². The average Bonchev–Trinajstić information content (AvgIpc) is 3.26. The van der Waals surface area contributed by atoms with Crippen molar-refractivity contribution in [1.82, 2.24) is 15.2 Å². The standard InChI is InChI=1S/C14H12N4O3S4/c19-11-8(12-18(11,22)9(13(20)21)2-4-24-12)6-25-14-15-10(16-17-14)7-1-3-23-5-7/h1-3,5,8,12,22H,4,6H2,(H-,15,16,17,20,21)/p+1/t8?,12-,18?/m0/s1. The molecule has 25 heavy (non-hydrogen) atoms. The third-order valence-electron chi connectivity index (χ3n) is 4.15. The highest BCUT2D eigenvalue weighted by atomic mass is 32.2. The number of amides is 1. The van der Waals surface area contributed by atoms with E-state index >= 15 is 0 Å². The molecule has 1 fully saturated rings. The van der Waals surface area contributed by atoms with E-state index in [4.69, 9.17) is 0 Å². The number of carboxylic acid groups (broad SMARTS) is 1. The van der Waals surface area contributed by atoms with Gasteiger partial charge < -0.3 is 5.11 Å². The molecule has 0 saturated carbocycles. The SMILES string of the molecule is O=C(O)C1=CCS[C@H]2C(CSc3n[nH]c(-c4ccsc4)n3)C(=O)[N+]12S. The predicted octanol–water partition coefficient (Wildman–Crippen LogP) is 2.48. The number of hydrogen-bond acceptors (Lipinski definition) is 8. The van der Waals surface area contributed by atoms with Crippen LogP contribution in [0.2, 0.25) is 0 Å². The van der Waals surface area contributed by atoms with Crippen molar-refractivity contribution in [3.8, 4) is 11.4 Å². The third kappa shape index (κ3) is 2.74. The number of thiophene rings is 1. The van der Waals surface area contributed by atoms with Crippen LogP contribution in [0.3, 0.4) is 0 Å². The van der Waals surface area contributed by atoms with E-state index < -0.39 is 9.86 Å². The van der Waals surface area contributed by atoms with E-state index in [9.17, 15) is 14.7 Å². The summed E-state index contributed by atoms with van der Waals surface area (Å²) >= 11 is 8.92. The van der Waals surface area contributed by atoms with Gasteiger partial charge in [0.25, 0.3) is 0 Å². The number of H-pyrrole nitrogens is 1. The zero-order valence-corrected chi connectivity index (χ0v) is 16.0. The van der Waals surface area contributed by atoms with Crippen molar-refractivity contribution in [2.45, 2.75) is 10.5 Å². The van der Waals surface area contributed by atoms with Crippen LogP contribution in [0.25, 0.3) is 11.4 Å². The van der Waals surface area contributed by atoms with Gasteiger partial charge in [0.05, 0.1) is 12.8 Å². The van der Waals surface area contributed by atoms with E-state index in [2.05, 4.69) is 28.0 Å². The van der Waals surface area contributed by atoms with Crippen LogP contribution >= 0.6 is 47.7 Å². The topological polar surface area (TPSA) is 95.9 Å². The monoisotopic (exact) mass is 413 g/mol. The summed E-state index contributed by atoms with van der Waals surface area (Å²) in [6, 6.07) is 1.96. The number of aliphatic carboxylic acids is 1. The van der Waals surface area contributed by atoms with Crippen molar-refractivity contribution in [3.63, 3.8) is 0 Å². The molecule has 3 atom stereocenters. The van der Waals surface area contributed by atoms with E-state index in [-0.39, 0.29) is 22.9 Å². The number of carbonyl (C=O) groups excluding carboxylic acids is 1. The van der Waals surface area contributed by atoms with Crippen LogP contribution in [0.5, 0.6) is 0 Å². The van der Waals surface area contributed by atoms with Gasteiger partial charge in [-0.1, -0.05) is 23.5 Å². The molecule has 1 amide bonds. The number of thioether (sulfide) groups is 2. The van der Waals surface area contributed by atoms with Crippen molar-refractivity contribution >= 4 is 59.6 Å². The van der Waals surface area contributed by atoms with Crippen molar-refractivity contribution < 1.29 is 18.6 Å². The van der Waals surface area contributed by atoms with Gasteiger partial charge in [0, 0.05) is 22.4 Å². The molecule has 11 heteroatoms. The fraction of sp³-hybridized carbons (Fsp3) is 0.286. The summed E-state index contributed by atoms with van der Waals surface area (Å²) in [6.45, 7) is 0. The first kappa shape index (κ1) is 17.2. The lowest BCUT2D eigenvalue weighted by molar-refractivity contribution is -0.722. The second-order valence-electron chi connectivity index (χ2n) is 5.54. The van der Waals surface area contributed by atoms with E-state index in [0.29, 0.717) is 22.5 Å². The van der Waals surface area contributed by atoms with Gasteiger partial charge in [-0.2, -0.15) is 15.2 Å². The highest BCUT2D eigenvalue weighted by Gasteiger charge is 2.67. The molecule has 2 aliphatic rings. The second kappa shape index (κ2) is 6.47. The van der Waals surface area contributed by atoms with Gasteiger partial charge in [-0.25, -0.2) is 14.6 Å². The molecule has 2 unspecified atom stereocenters. The number of aromatic amines is 1. The third-order valence-corrected chi connectivity index (χ3v) is 7.96. The van der Waals surface area contributed by atoms with Crippen LogP contribution in [-0.4, -0.2) is 52.9 Å². The number of carboxylic acids is 1. The lowest BCUT2D eigenvalue weighted by Crippen LogP contribution is -2.70. The summed E-state index contributed by atoms with van der Waals surface area (Å²) in [4.78, 5) is 28.4. The summed E-state index contributed by atoms with van der Waals surface area (Å²) in [5, 5.41) is 20.7. The van der Waals surface area contributed by atoms with E-state index in [1.54, 1.807) is 29.2 Å². The number of nitrogens with one attached hydrogen (secondary N) is 1. The second-order valence-corrected chi connectivity index (χ2v) is 9.09. The number of carbonyl (C=O) groups is 2. The zero-order valence-electron chi connectivity index (χ0n) is 12.7. The van der Waals surface area contributed by atoms with Crippen molar-refractivity contribution in [3.05, 3.63) is 28.6 Å². The lowest BCUT2D eigenvalue weighted by Gasteiger charge is -2.49. The Morgan fingerprint density at radius 1 is 1.56 bits per heavy atom. The molecule has 1 saturated heterocycles. The molecule has 7 nitrogen and oxygen atoms in total. The van der Waals surface area contributed by atoms with Crippen LogP contribution in [-0.2, 0) is 9.59 Å². The fourth-order valence-corrected chi connectivity index (χ4v) is 6.60. The molecule has 0 spiro atoms. The Labute approximate surface area is 161 Å². The number of β-lactam (4-membered cyclic amide) rings is 1. The molecular weight excluding hydrogens is 400 g/mol. The van der Waals surface area contributed by atoms with Crippen molar-refractivity contribution in [1.29, 1.82) is 0 Å². The largest absolute Gasteiger partial charge is 0.474 e. The Morgan fingerprint density at radius 3 is 3.12 bits per heavy atom. The minimum absolute atomic E-state index is 0.0518. The van der Waals surface area contributed by atoms with Gasteiger partial charge in [-0.3, -0.25) is 5.10 Å². The summed E-state index contributed by atoms with van der Waals surface area (Å²) in [5.74, 6) is 0.240. The van der Waals surface area contributed by atoms with E-state index in [1.807, 2.05) is 16.8 Å². The van der Waals surface area contributed by atoms with Gasteiger partial charge in [-0.15, -0.1) is 5.10 Å². The smallest absolute Gasteiger partial charge is 0.391 e. The number of quaternary nitrogens is 1. The first-order chi connectivity index (χ1) is 12.0. The molecule has 130 valence electrons. The highest BCUT2D eigenvalue weighted by Crippen LogP contribution is 2.52. The van der Waals surface area contributed by atoms with Crippen LogP contribution in [0.1, 0.15) is 0 Å². The molecule has 2 aromatic rings. The molecule has 0 radical (unpaired) electrons. The quantitative estimate of drug-likeness (QED) is 0.300. The van der Waals surface area contributed by atoms with Gasteiger partial charge in [0.15, 0.2) is 11.2 Å². The minimum Gasteiger partial charge on any atom is -0.474 e. The fourth-order valence-electron chi connectivity index (χ4n) is 2.91. The maximum atomic E-state index is 12.6. The molecular formula is C14H13N4O3S4+. The molecule has 4 heterocycles. The molecule has 0 bridgehead atoms. The molecule has 2 N–H and O–H groups in total. The Morgan fingerprint density at radius 2 is 2.40 bits per heavy atom. The van der Waals surface area contributed by atoms with Crippen molar-refractivity contribution in [2.24, 2.45) is 5.92 Å². The molecule has 0 aromatic carbocycles. The first-order valence-corrected chi connectivity index (χ1v) is 10.7. The Bertz CT molecular complexity index is 865. The van der Waals surface area contributed by atoms with Gasteiger partial charge in [-0.05, 0) is 17.5 Å². The van der Waals surface area contributed by atoms with Crippen LogP contribution in [0.4, 0.5) is 0 Å². The van der Waals surface area contributed by atoms with Crippen molar-refractivity contribution in [2.75, 3.05) is 11.5 Å². The summed E-state index contributed by atoms with van der Waals surface area (Å²) in [7, 11) is 0. The number of nitrogens with zero attached hydrogens (tertiary/aromatic N) is 3. The summed E-state index contributed by atoms with van der Waals surface area (Å²) < 4.78 is -0.417. The Hall–Kier alpha value is -1.27. The predicted molar refractivity (Wildman–Crippen MR) is 100 cm³/mol. The molecule has 2 aromatic heterocycles. The molecule has 4 rings (SSSR count). The average molecular weight is 414 g/mol. The number of thiol groups is 1. The number of hydrogen-bond donors (Lipinski definition) is 3. The van der Waals surface area contributed by atoms with Gasteiger partial charge in [0.2, 0.25) is 10.9 Å². The number of fused-ring (bicyclic) bond motifs is 1. The summed E-state index contributed by atoms with van der Waals surface area (Å²) in [6.07, 6.45) is 1.57. The minimum atomic E-state index is -1.09. The van der Waals surface area contributed by atoms with Gasteiger partial charge >= 0.3 is 11.9 Å². The van der Waals surface area contributed by atoms with E-state index in [1.165, 1.54) is 11.8 Å². The molecule has 0 aliphatic carbocycles. The lowest BCUT2D eigenvalue weighted by atomic mass is 9.98. The molecule has 2 aliphatic heterocycles. The number of aromatic nitrogens is 3. The zero-order chi connectivity index (χ0) is 17.6. The first-order valence-electron chi connectivity index (χ1n) is 7.31. The Balaban J connectivity index is 1.44. The van der Waals surface area contributed by atoms with Crippen LogP contribution in [0.15, 0.2) is 33.8 Å². The Kier molecular flexibility index (Phi) is 4.44. The maximum absolute atomic E-state index is 12.6. The highest BCUT2D eigenvalue weighted by molar-refractivity contribution is 8.01. The maximum Gasteiger partial charge on any atom is 0.391 e. The van der Waals surface area contributed by atoms with Crippen LogP contribution in [0, 0.1) is 5.92 Å².